The van der Waals surface area contributed by atoms with E-state index in [-0.39, 0.29) is 5.91 Å². The highest BCUT2D eigenvalue weighted by atomic mass is 16.1. The van der Waals surface area contributed by atoms with E-state index in [2.05, 4.69) is 34.9 Å². The zero-order chi connectivity index (χ0) is 12.8. The summed E-state index contributed by atoms with van der Waals surface area (Å²) in [6.07, 6.45) is 0.501. The van der Waals surface area contributed by atoms with Gasteiger partial charge >= 0.3 is 0 Å². The lowest BCUT2D eigenvalue weighted by atomic mass is 10.1. The summed E-state index contributed by atoms with van der Waals surface area (Å²) in [5, 5.41) is 8.49. The summed E-state index contributed by atoms with van der Waals surface area (Å²) in [4.78, 5) is 11.3. The fraction of sp³-hybridized carbons (Fsp3) is 0.267. The number of nitrogens with one attached hydrogen (secondary N) is 2. The van der Waals surface area contributed by atoms with Gasteiger partial charge in [-0.3, -0.25) is 4.79 Å². The Labute approximate surface area is 107 Å². The van der Waals surface area contributed by atoms with Gasteiger partial charge in [-0.05, 0) is 29.8 Å². The van der Waals surface area contributed by atoms with Crippen molar-refractivity contribution < 1.29 is 4.79 Å². The quantitative estimate of drug-likeness (QED) is 0.846. The topological polar surface area (TPSA) is 41.1 Å². The molecule has 0 atom stereocenters. The van der Waals surface area contributed by atoms with Crippen LogP contribution in [0.5, 0.6) is 0 Å². The van der Waals surface area contributed by atoms with E-state index in [1.54, 1.807) is 0 Å². The van der Waals surface area contributed by atoms with Gasteiger partial charge in [-0.15, -0.1) is 0 Å². The normalized spacial score (nSPS) is 10.3. The molecule has 0 unspecified atom stereocenters. The van der Waals surface area contributed by atoms with E-state index >= 15 is 0 Å². The van der Waals surface area contributed by atoms with Gasteiger partial charge in [0.15, 0.2) is 0 Å². The van der Waals surface area contributed by atoms with Crippen molar-refractivity contribution in [1.82, 2.24) is 5.32 Å². The number of rotatable bonds is 5. The van der Waals surface area contributed by atoms with Crippen molar-refractivity contribution in [2.45, 2.75) is 13.3 Å². The van der Waals surface area contributed by atoms with Crippen LogP contribution < -0.4 is 10.6 Å². The second-order valence-corrected chi connectivity index (χ2v) is 4.19. The lowest BCUT2D eigenvalue weighted by molar-refractivity contribution is -0.120. The van der Waals surface area contributed by atoms with Crippen molar-refractivity contribution in [3.63, 3.8) is 0 Å². The molecule has 0 aliphatic rings. The SMILES string of the molecule is CCNC(=O)CCNc1ccc2ccccc2c1. The largest absolute Gasteiger partial charge is 0.385 e. The standard InChI is InChI=1S/C15H18N2O/c1-2-16-15(18)9-10-17-14-8-7-12-5-3-4-6-13(12)11-14/h3-8,11,17H,2,9-10H2,1H3,(H,16,18). The van der Waals surface area contributed by atoms with Gasteiger partial charge in [0.25, 0.3) is 0 Å². The van der Waals surface area contributed by atoms with Crippen LogP contribution in [0.15, 0.2) is 42.5 Å². The van der Waals surface area contributed by atoms with Crippen LogP contribution in [0.1, 0.15) is 13.3 Å². The van der Waals surface area contributed by atoms with Gasteiger partial charge in [0.05, 0.1) is 0 Å². The molecule has 3 nitrogen and oxygen atoms in total. The van der Waals surface area contributed by atoms with Gasteiger partial charge < -0.3 is 10.6 Å². The van der Waals surface area contributed by atoms with Crippen LogP contribution >= 0.6 is 0 Å². The Balaban J connectivity index is 1.93. The molecular formula is C15H18N2O. The molecule has 2 aromatic rings. The average Bonchev–Trinajstić information content (AvgIpc) is 2.39. The molecule has 2 rings (SSSR count). The van der Waals surface area contributed by atoms with Crippen LogP contribution in [0.4, 0.5) is 5.69 Å². The van der Waals surface area contributed by atoms with Crippen LogP contribution in [0.2, 0.25) is 0 Å². The Morgan fingerprint density at radius 3 is 2.67 bits per heavy atom. The van der Waals surface area contributed by atoms with Gasteiger partial charge in [0.2, 0.25) is 5.91 Å². The summed E-state index contributed by atoms with van der Waals surface area (Å²) in [5.41, 5.74) is 1.05. The molecule has 0 fully saturated rings. The monoisotopic (exact) mass is 242 g/mol. The molecule has 18 heavy (non-hydrogen) atoms. The molecule has 94 valence electrons. The van der Waals surface area contributed by atoms with E-state index in [4.69, 9.17) is 0 Å². The van der Waals surface area contributed by atoms with Crippen molar-refractivity contribution in [2.75, 3.05) is 18.4 Å². The van der Waals surface area contributed by atoms with E-state index < -0.39 is 0 Å². The minimum Gasteiger partial charge on any atom is -0.385 e. The van der Waals surface area contributed by atoms with E-state index in [1.165, 1.54) is 10.8 Å². The van der Waals surface area contributed by atoms with E-state index in [9.17, 15) is 4.79 Å². The third kappa shape index (κ3) is 3.23. The highest BCUT2D eigenvalue weighted by Gasteiger charge is 1.99. The highest BCUT2D eigenvalue weighted by Crippen LogP contribution is 2.18. The van der Waals surface area contributed by atoms with Crippen molar-refractivity contribution >= 4 is 22.4 Å². The van der Waals surface area contributed by atoms with Gasteiger partial charge in [-0.2, -0.15) is 0 Å². The molecule has 0 saturated carbocycles. The zero-order valence-corrected chi connectivity index (χ0v) is 10.6. The van der Waals surface area contributed by atoms with Crippen molar-refractivity contribution in [3.8, 4) is 0 Å². The number of anilines is 1. The lowest BCUT2D eigenvalue weighted by Crippen LogP contribution is -2.24. The van der Waals surface area contributed by atoms with Crippen molar-refractivity contribution in [3.05, 3.63) is 42.5 Å². The van der Waals surface area contributed by atoms with Crippen LogP contribution in [0.3, 0.4) is 0 Å². The van der Waals surface area contributed by atoms with Crippen LogP contribution in [0.25, 0.3) is 10.8 Å². The number of carbonyl (C=O) groups is 1. The molecule has 2 N–H and O–H groups in total. The predicted octanol–water partition coefficient (Wildman–Crippen LogP) is 2.78. The third-order valence-electron chi connectivity index (χ3n) is 2.80. The number of fused-ring (bicyclic) bond motifs is 1. The molecule has 1 amide bonds. The van der Waals surface area contributed by atoms with Gasteiger partial charge in [-0.1, -0.05) is 30.3 Å². The number of hydrogen-bond donors (Lipinski definition) is 2. The van der Waals surface area contributed by atoms with Gasteiger partial charge in [0, 0.05) is 25.2 Å². The summed E-state index contributed by atoms with van der Waals surface area (Å²) < 4.78 is 0. The van der Waals surface area contributed by atoms with Crippen molar-refractivity contribution in [1.29, 1.82) is 0 Å². The second kappa shape index (κ2) is 6.05. The minimum atomic E-state index is 0.0887. The Morgan fingerprint density at radius 2 is 1.89 bits per heavy atom. The molecule has 0 saturated heterocycles. The fourth-order valence-electron chi connectivity index (χ4n) is 1.91. The van der Waals surface area contributed by atoms with Crippen molar-refractivity contribution in [2.24, 2.45) is 0 Å². The minimum absolute atomic E-state index is 0.0887. The number of benzene rings is 2. The maximum atomic E-state index is 11.3. The molecule has 3 heteroatoms. The molecule has 0 aliphatic heterocycles. The smallest absolute Gasteiger partial charge is 0.221 e. The molecule has 0 aliphatic carbocycles. The molecule has 0 aromatic heterocycles. The summed E-state index contributed by atoms with van der Waals surface area (Å²) in [5.74, 6) is 0.0887. The van der Waals surface area contributed by atoms with Gasteiger partial charge in [-0.25, -0.2) is 0 Å². The Bertz CT molecular complexity index is 537. The fourth-order valence-corrected chi connectivity index (χ4v) is 1.91. The van der Waals surface area contributed by atoms with Gasteiger partial charge in [0.1, 0.15) is 0 Å². The van der Waals surface area contributed by atoms with E-state index in [1.807, 2.05) is 25.1 Å². The zero-order valence-electron chi connectivity index (χ0n) is 10.6. The molecule has 2 aromatic carbocycles. The molecule has 0 spiro atoms. The molecule has 0 heterocycles. The third-order valence-corrected chi connectivity index (χ3v) is 2.80. The van der Waals surface area contributed by atoms with Crippen LogP contribution in [0, 0.1) is 0 Å². The van der Waals surface area contributed by atoms with E-state index in [0.29, 0.717) is 19.5 Å². The highest BCUT2D eigenvalue weighted by molar-refractivity contribution is 5.85. The Kier molecular flexibility index (Phi) is 4.18. The summed E-state index contributed by atoms with van der Waals surface area (Å²) in [6.45, 7) is 3.27. The first kappa shape index (κ1) is 12.4. The Hall–Kier alpha value is -2.03. The maximum absolute atomic E-state index is 11.3. The first-order valence-electron chi connectivity index (χ1n) is 6.29. The lowest BCUT2D eigenvalue weighted by Gasteiger charge is -2.07. The first-order chi connectivity index (χ1) is 8.79. The number of amides is 1. The molecule has 0 radical (unpaired) electrons. The molecule has 0 bridgehead atoms. The summed E-state index contributed by atoms with van der Waals surface area (Å²) in [7, 11) is 0. The Morgan fingerprint density at radius 1 is 1.11 bits per heavy atom. The summed E-state index contributed by atoms with van der Waals surface area (Å²) in [6, 6.07) is 14.5. The average molecular weight is 242 g/mol. The predicted molar refractivity (Wildman–Crippen MR) is 75.7 cm³/mol. The van der Waals surface area contributed by atoms with E-state index in [0.717, 1.165) is 5.69 Å². The number of carbonyl (C=O) groups excluding carboxylic acids is 1. The van der Waals surface area contributed by atoms with Crippen LogP contribution in [-0.2, 0) is 4.79 Å². The number of hydrogen-bond acceptors (Lipinski definition) is 2. The maximum Gasteiger partial charge on any atom is 0.221 e. The van der Waals surface area contributed by atoms with Crippen LogP contribution in [-0.4, -0.2) is 19.0 Å². The second-order valence-electron chi connectivity index (χ2n) is 4.19. The molecular weight excluding hydrogens is 224 g/mol. The first-order valence-corrected chi connectivity index (χ1v) is 6.29. The summed E-state index contributed by atoms with van der Waals surface area (Å²) >= 11 is 0.